The van der Waals surface area contributed by atoms with Gasteiger partial charge in [0, 0.05) is 25.0 Å². The second kappa shape index (κ2) is 4.30. The molecule has 1 saturated carbocycles. The Hall–Kier alpha value is -0.570. The van der Waals surface area contributed by atoms with E-state index in [1.165, 1.54) is 19.3 Å². The molecular weight excluding hydrogens is 176 g/mol. The lowest BCUT2D eigenvalue weighted by atomic mass is 10.0. The van der Waals surface area contributed by atoms with E-state index in [2.05, 4.69) is 10.2 Å². The van der Waals surface area contributed by atoms with Crippen LogP contribution in [0.1, 0.15) is 32.1 Å². The lowest BCUT2D eigenvalue weighted by Crippen LogP contribution is -2.48. The van der Waals surface area contributed by atoms with Crippen molar-refractivity contribution in [3.05, 3.63) is 0 Å². The number of carbonyl (C=O) groups excluding carboxylic acids is 1. The average molecular weight is 196 g/mol. The van der Waals surface area contributed by atoms with Crippen LogP contribution in [0.15, 0.2) is 0 Å². The van der Waals surface area contributed by atoms with Gasteiger partial charge in [-0.2, -0.15) is 0 Å². The van der Waals surface area contributed by atoms with Gasteiger partial charge in [0.05, 0.1) is 0 Å². The molecule has 1 aliphatic carbocycles. The zero-order valence-corrected chi connectivity index (χ0v) is 8.96. The van der Waals surface area contributed by atoms with Crippen LogP contribution in [0.25, 0.3) is 0 Å². The third kappa shape index (κ3) is 2.08. The molecule has 1 unspecified atom stereocenters. The molecule has 2 rings (SSSR count). The smallest absolute Gasteiger partial charge is 0.225 e. The summed E-state index contributed by atoms with van der Waals surface area (Å²) in [5, 5.41) is 3.19. The van der Waals surface area contributed by atoms with Crippen LogP contribution >= 0.6 is 0 Å². The number of likely N-dealkylation sites (N-methyl/N-ethyl adjacent to an activating group) is 1. The Bertz CT molecular complexity index is 211. The van der Waals surface area contributed by atoms with Gasteiger partial charge in [0.2, 0.25) is 5.91 Å². The highest BCUT2D eigenvalue weighted by Crippen LogP contribution is 2.33. The number of likely N-dealkylation sites (tertiary alicyclic amines) is 1. The molecule has 1 aliphatic heterocycles. The fourth-order valence-corrected chi connectivity index (χ4v) is 2.30. The minimum absolute atomic E-state index is 0.382. The molecule has 0 aromatic carbocycles. The molecule has 0 radical (unpaired) electrons. The van der Waals surface area contributed by atoms with Crippen LogP contribution in [0.5, 0.6) is 0 Å². The highest BCUT2D eigenvalue weighted by molar-refractivity contribution is 5.81. The first kappa shape index (κ1) is 9.97. The van der Waals surface area contributed by atoms with E-state index in [0.717, 1.165) is 25.9 Å². The van der Waals surface area contributed by atoms with E-state index in [9.17, 15) is 4.79 Å². The molecule has 2 aliphatic rings. The molecule has 0 aromatic rings. The fraction of sp³-hybridized carbons (Fsp3) is 0.909. The van der Waals surface area contributed by atoms with Crippen LogP contribution in [-0.4, -0.2) is 37.0 Å². The molecule has 0 spiro atoms. The maximum atomic E-state index is 11.9. The standard InChI is InChI=1S/C11H20N2O/c1-12-8-10-4-2-3-7-13(10)11(14)9-5-6-9/h9-10,12H,2-8H2,1H3. The molecule has 0 aromatic heterocycles. The molecule has 1 saturated heterocycles. The Balaban J connectivity index is 1.94. The number of carbonyl (C=O) groups is 1. The van der Waals surface area contributed by atoms with Crippen LogP contribution in [-0.2, 0) is 4.79 Å². The van der Waals surface area contributed by atoms with E-state index >= 15 is 0 Å². The molecule has 3 heteroatoms. The van der Waals surface area contributed by atoms with Crippen molar-refractivity contribution >= 4 is 5.91 Å². The largest absolute Gasteiger partial charge is 0.338 e. The minimum Gasteiger partial charge on any atom is -0.338 e. The van der Waals surface area contributed by atoms with Gasteiger partial charge in [-0.05, 0) is 39.2 Å². The van der Waals surface area contributed by atoms with Gasteiger partial charge in [0.1, 0.15) is 0 Å². The monoisotopic (exact) mass is 196 g/mol. The molecule has 0 bridgehead atoms. The predicted octanol–water partition coefficient (Wildman–Crippen LogP) is 0.997. The maximum Gasteiger partial charge on any atom is 0.225 e. The van der Waals surface area contributed by atoms with Crippen LogP contribution in [0.3, 0.4) is 0 Å². The number of piperidine rings is 1. The number of nitrogens with one attached hydrogen (secondary N) is 1. The fourth-order valence-electron chi connectivity index (χ4n) is 2.30. The third-order valence-electron chi connectivity index (χ3n) is 3.28. The highest BCUT2D eigenvalue weighted by atomic mass is 16.2. The number of rotatable bonds is 3. The quantitative estimate of drug-likeness (QED) is 0.730. The summed E-state index contributed by atoms with van der Waals surface area (Å²) in [6, 6.07) is 0.460. The van der Waals surface area contributed by atoms with Gasteiger partial charge in [0.25, 0.3) is 0 Å². The third-order valence-corrected chi connectivity index (χ3v) is 3.28. The van der Waals surface area contributed by atoms with Gasteiger partial charge in [-0.3, -0.25) is 4.79 Å². The summed E-state index contributed by atoms with van der Waals surface area (Å²) in [5.41, 5.74) is 0. The van der Waals surface area contributed by atoms with Crippen molar-refractivity contribution in [1.82, 2.24) is 10.2 Å². The lowest BCUT2D eigenvalue weighted by molar-refractivity contribution is -0.136. The Morgan fingerprint density at radius 2 is 2.14 bits per heavy atom. The van der Waals surface area contributed by atoms with Gasteiger partial charge in [0.15, 0.2) is 0 Å². The van der Waals surface area contributed by atoms with E-state index in [1.54, 1.807) is 0 Å². The zero-order valence-electron chi connectivity index (χ0n) is 8.96. The number of hydrogen-bond donors (Lipinski definition) is 1. The molecule has 1 amide bonds. The van der Waals surface area contributed by atoms with E-state index in [-0.39, 0.29) is 0 Å². The summed E-state index contributed by atoms with van der Waals surface area (Å²) in [5.74, 6) is 0.803. The first-order valence-electron chi connectivity index (χ1n) is 5.78. The van der Waals surface area contributed by atoms with Gasteiger partial charge < -0.3 is 10.2 Å². The molecular formula is C11H20N2O. The molecule has 1 heterocycles. The van der Waals surface area contributed by atoms with Crippen molar-refractivity contribution in [3.63, 3.8) is 0 Å². The summed E-state index contributed by atoms with van der Waals surface area (Å²) in [6.07, 6.45) is 5.90. The number of amides is 1. The van der Waals surface area contributed by atoms with Crippen molar-refractivity contribution in [3.8, 4) is 0 Å². The van der Waals surface area contributed by atoms with Crippen LogP contribution in [0, 0.1) is 5.92 Å². The minimum atomic E-state index is 0.382. The van der Waals surface area contributed by atoms with Crippen molar-refractivity contribution in [2.24, 2.45) is 5.92 Å². The SMILES string of the molecule is CNCC1CCCCN1C(=O)C1CC1. The summed E-state index contributed by atoms with van der Waals surface area (Å²) < 4.78 is 0. The second-order valence-corrected chi connectivity index (χ2v) is 4.51. The van der Waals surface area contributed by atoms with E-state index in [0.29, 0.717) is 17.9 Å². The van der Waals surface area contributed by atoms with Crippen molar-refractivity contribution in [2.45, 2.75) is 38.1 Å². The van der Waals surface area contributed by atoms with E-state index < -0.39 is 0 Å². The summed E-state index contributed by atoms with van der Waals surface area (Å²) >= 11 is 0. The highest BCUT2D eigenvalue weighted by Gasteiger charge is 2.36. The average Bonchev–Trinajstić information content (AvgIpc) is 3.01. The van der Waals surface area contributed by atoms with Gasteiger partial charge >= 0.3 is 0 Å². The lowest BCUT2D eigenvalue weighted by Gasteiger charge is -2.36. The van der Waals surface area contributed by atoms with E-state index in [4.69, 9.17) is 0 Å². The first-order chi connectivity index (χ1) is 6.83. The van der Waals surface area contributed by atoms with Gasteiger partial charge in [-0.15, -0.1) is 0 Å². The molecule has 1 N–H and O–H groups in total. The summed E-state index contributed by atoms with van der Waals surface area (Å²) in [4.78, 5) is 14.1. The molecule has 3 nitrogen and oxygen atoms in total. The Labute approximate surface area is 85.8 Å². The van der Waals surface area contributed by atoms with Crippen LogP contribution in [0.4, 0.5) is 0 Å². The molecule has 2 fully saturated rings. The normalized spacial score (nSPS) is 27.8. The Morgan fingerprint density at radius 3 is 2.79 bits per heavy atom. The Kier molecular flexibility index (Phi) is 3.06. The molecule has 14 heavy (non-hydrogen) atoms. The van der Waals surface area contributed by atoms with E-state index in [1.807, 2.05) is 7.05 Å². The van der Waals surface area contributed by atoms with Crippen molar-refractivity contribution in [1.29, 1.82) is 0 Å². The number of hydrogen-bond acceptors (Lipinski definition) is 2. The van der Waals surface area contributed by atoms with Crippen molar-refractivity contribution in [2.75, 3.05) is 20.1 Å². The van der Waals surface area contributed by atoms with Crippen LogP contribution in [0.2, 0.25) is 0 Å². The maximum absolute atomic E-state index is 11.9. The molecule has 1 atom stereocenters. The first-order valence-corrected chi connectivity index (χ1v) is 5.78. The van der Waals surface area contributed by atoms with Gasteiger partial charge in [-0.25, -0.2) is 0 Å². The van der Waals surface area contributed by atoms with Gasteiger partial charge in [-0.1, -0.05) is 0 Å². The summed E-state index contributed by atoms with van der Waals surface area (Å²) in [6.45, 7) is 1.94. The second-order valence-electron chi connectivity index (χ2n) is 4.51. The molecule has 80 valence electrons. The van der Waals surface area contributed by atoms with Crippen LogP contribution < -0.4 is 5.32 Å². The predicted molar refractivity (Wildman–Crippen MR) is 56.0 cm³/mol. The Morgan fingerprint density at radius 1 is 1.36 bits per heavy atom. The zero-order chi connectivity index (χ0) is 9.97. The van der Waals surface area contributed by atoms with Crippen molar-refractivity contribution < 1.29 is 4.79 Å². The topological polar surface area (TPSA) is 32.3 Å². The number of nitrogens with zero attached hydrogens (tertiary/aromatic N) is 1. The summed E-state index contributed by atoms with van der Waals surface area (Å²) in [7, 11) is 1.97.